The van der Waals surface area contributed by atoms with Gasteiger partial charge in [0.15, 0.2) is 0 Å². The van der Waals surface area contributed by atoms with Gasteiger partial charge in [0, 0.05) is 34.8 Å². The summed E-state index contributed by atoms with van der Waals surface area (Å²) >= 11 is 7.78. The molecule has 2 rings (SSSR count). The lowest BCUT2D eigenvalue weighted by molar-refractivity contribution is 0.0785. The zero-order valence-electron chi connectivity index (χ0n) is 12.0. The molecule has 1 amide bonds. The third kappa shape index (κ3) is 3.93. The number of carbonyl (C=O) groups is 1. The number of nitrogens with zero attached hydrogens (tertiary/aromatic N) is 1. The van der Waals surface area contributed by atoms with Gasteiger partial charge in [-0.05, 0) is 54.3 Å². The molecule has 110 valence electrons. The van der Waals surface area contributed by atoms with Crippen molar-refractivity contribution in [1.29, 1.82) is 0 Å². The molecule has 0 saturated carbocycles. The fraction of sp³-hybridized carbons (Fsp3) is 0.188. The van der Waals surface area contributed by atoms with Crippen molar-refractivity contribution in [3.05, 3.63) is 58.6 Å². The van der Waals surface area contributed by atoms with Crippen molar-refractivity contribution in [1.82, 2.24) is 4.90 Å². The van der Waals surface area contributed by atoms with E-state index < -0.39 is 0 Å². The van der Waals surface area contributed by atoms with E-state index in [9.17, 15) is 4.79 Å². The highest BCUT2D eigenvalue weighted by molar-refractivity contribution is 7.98. The van der Waals surface area contributed by atoms with E-state index in [1.807, 2.05) is 30.5 Å². The Kier molecular flexibility index (Phi) is 5.15. The van der Waals surface area contributed by atoms with Crippen LogP contribution in [0.25, 0.3) is 0 Å². The third-order valence-corrected chi connectivity index (χ3v) is 4.27. The molecule has 0 heterocycles. The molecule has 0 aliphatic carbocycles. The normalized spacial score (nSPS) is 10.4. The van der Waals surface area contributed by atoms with Crippen molar-refractivity contribution in [2.75, 3.05) is 19.0 Å². The van der Waals surface area contributed by atoms with Crippen LogP contribution in [0, 0.1) is 0 Å². The molecule has 0 atom stereocenters. The first-order chi connectivity index (χ1) is 10.0. The Morgan fingerprint density at radius 3 is 2.52 bits per heavy atom. The smallest absolute Gasteiger partial charge is 0.253 e. The second-order valence-corrected chi connectivity index (χ2v) is 6.03. The van der Waals surface area contributed by atoms with E-state index in [2.05, 4.69) is 0 Å². The quantitative estimate of drug-likeness (QED) is 0.686. The van der Waals surface area contributed by atoms with Crippen molar-refractivity contribution in [3.63, 3.8) is 0 Å². The first kappa shape index (κ1) is 15.7. The molecule has 2 N–H and O–H groups in total. The van der Waals surface area contributed by atoms with Crippen LogP contribution in [0.3, 0.4) is 0 Å². The maximum Gasteiger partial charge on any atom is 0.253 e. The van der Waals surface area contributed by atoms with Gasteiger partial charge in [-0.2, -0.15) is 0 Å². The Morgan fingerprint density at radius 1 is 1.24 bits per heavy atom. The van der Waals surface area contributed by atoms with Gasteiger partial charge in [0.2, 0.25) is 0 Å². The minimum atomic E-state index is -0.0406. The molecule has 2 aromatic rings. The fourth-order valence-electron chi connectivity index (χ4n) is 2.00. The summed E-state index contributed by atoms with van der Waals surface area (Å²) in [5.41, 5.74) is 7.90. The Labute approximate surface area is 134 Å². The predicted molar refractivity (Wildman–Crippen MR) is 89.9 cm³/mol. The molecule has 0 aromatic heterocycles. The molecule has 0 radical (unpaired) electrons. The van der Waals surface area contributed by atoms with Crippen molar-refractivity contribution in [3.8, 4) is 0 Å². The van der Waals surface area contributed by atoms with Crippen LogP contribution in [0.4, 0.5) is 5.69 Å². The first-order valence-electron chi connectivity index (χ1n) is 6.44. The molecular formula is C16H17ClN2OS. The molecule has 21 heavy (non-hydrogen) atoms. The van der Waals surface area contributed by atoms with E-state index in [0.717, 1.165) is 10.5 Å². The van der Waals surface area contributed by atoms with E-state index >= 15 is 0 Å². The zero-order chi connectivity index (χ0) is 15.4. The second kappa shape index (κ2) is 6.87. The lowest BCUT2D eigenvalue weighted by atomic mass is 10.1. The van der Waals surface area contributed by atoms with Crippen LogP contribution in [-0.2, 0) is 6.54 Å². The van der Waals surface area contributed by atoms with E-state index in [1.54, 1.807) is 41.9 Å². The molecule has 2 aromatic carbocycles. The average Bonchev–Trinajstić information content (AvgIpc) is 2.50. The van der Waals surface area contributed by atoms with Crippen molar-refractivity contribution in [2.24, 2.45) is 0 Å². The highest BCUT2D eigenvalue weighted by Crippen LogP contribution is 2.21. The number of carbonyl (C=O) groups excluding carboxylic acids is 1. The maximum absolute atomic E-state index is 12.4. The van der Waals surface area contributed by atoms with Gasteiger partial charge in [0.25, 0.3) is 5.91 Å². The van der Waals surface area contributed by atoms with Gasteiger partial charge in [-0.25, -0.2) is 0 Å². The Morgan fingerprint density at radius 2 is 1.90 bits per heavy atom. The molecule has 0 fully saturated rings. The summed E-state index contributed by atoms with van der Waals surface area (Å²) in [6.07, 6.45) is 2.00. The standard InChI is InChI=1S/C16H17ClN2OS/c1-19(10-12-9-13(18)5-8-15(12)17)16(20)11-3-6-14(21-2)7-4-11/h3-9H,10,18H2,1-2H3. The van der Waals surface area contributed by atoms with Gasteiger partial charge in [0.05, 0.1) is 0 Å². The fourth-order valence-corrected chi connectivity index (χ4v) is 2.58. The summed E-state index contributed by atoms with van der Waals surface area (Å²) in [7, 11) is 1.75. The van der Waals surface area contributed by atoms with E-state index in [4.69, 9.17) is 17.3 Å². The molecule has 5 heteroatoms. The number of halogens is 1. The van der Waals surface area contributed by atoms with Crippen LogP contribution in [-0.4, -0.2) is 24.1 Å². The Hall–Kier alpha value is -1.65. The molecule has 0 saturated heterocycles. The van der Waals surface area contributed by atoms with Crippen LogP contribution in [0.15, 0.2) is 47.4 Å². The van der Waals surface area contributed by atoms with Gasteiger partial charge >= 0.3 is 0 Å². The van der Waals surface area contributed by atoms with Crippen LogP contribution >= 0.6 is 23.4 Å². The van der Waals surface area contributed by atoms with Crippen LogP contribution in [0.2, 0.25) is 5.02 Å². The van der Waals surface area contributed by atoms with Crippen molar-refractivity contribution in [2.45, 2.75) is 11.4 Å². The van der Waals surface area contributed by atoms with E-state index in [-0.39, 0.29) is 5.91 Å². The number of hydrogen-bond acceptors (Lipinski definition) is 3. The van der Waals surface area contributed by atoms with Crippen molar-refractivity contribution < 1.29 is 4.79 Å². The Balaban J connectivity index is 2.13. The highest BCUT2D eigenvalue weighted by atomic mass is 35.5. The van der Waals surface area contributed by atoms with Gasteiger partial charge in [0.1, 0.15) is 0 Å². The predicted octanol–water partition coefficient (Wildman–Crippen LogP) is 3.92. The number of rotatable bonds is 4. The number of nitrogen functional groups attached to an aromatic ring is 1. The molecule has 0 bridgehead atoms. The number of amides is 1. The van der Waals surface area contributed by atoms with Gasteiger partial charge < -0.3 is 10.6 Å². The largest absolute Gasteiger partial charge is 0.399 e. The lowest BCUT2D eigenvalue weighted by Gasteiger charge is -2.18. The number of hydrogen-bond donors (Lipinski definition) is 1. The number of nitrogens with two attached hydrogens (primary N) is 1. The average molecular weight is 321 g/mol. The molecule has 3 nitrogen and oxygen atoms in total. The molecular weight excluding hydrogens is 304 g/mol. The third-order valence-electron chi connectivity index (χ3n) is 3.16. The Bertz CT molecular complexity index is 643. The van der Waals surface area contributed by atoms with Crippen LogP contribution < -0.4 is 5.73 Å². The number of benzene rings is 2. The summed E-state index contributed by atoms with van der Waals surface area (Å²) in [5.74, 6) is -0.0406. The summed E-state index contributed by atoms with van der Waals surface area (Å²) in [6, 6.07) is 12.9. The van der Waals surface area contributed by atoms with E-state index in [1.165, 1.54) is 0 Å². The van der Waals surface area contributed by atoms with Crippen LogP contribution in [0.5, 0.6) is 0 Å². The lowest BCUT2D eigenvalue weighted by Crippen LogP contribution is -2.26. The summed E-state index contributed by atoms with van der Waals surface area (Å²) in [5, 5.41) is 0.613. The minimum Gasteiger partial charge on any atom is -0.399 e. The number of anilines is 1. The van der Waals surface area contributed by atoms with Gasteiger partial charge in [-0.1, -0.05) is 11.6 Å². The maximum atomic E-state index is 12.4. The van der Waals surface area contributed by atoms with Crippen LogP contribution in [0.1, 0.15) is 15.9 Å². The summed E-state index contributed by atoms with van der Waals surface area (Å²) in [4.78, 5) is 15.2. The van der Waals surface area contributed by atoms with Gasteiger partial charge in [-0.15, -0.1) is 11.8 Å². The molecule has 0 spiro atoms. The van der Waals surface area contributed by atoms with Gasteiger partial charge in [-0.3, -0.25) is 4.79 Å². The highest BCUT2D eigenvalue weighted by Gasteiger charge is 2.13. The topological polar surface area (TPSA) is 46.3 Å². The molecule has 0 aliphatic heterocycles. The summed E-state index contributed by atoms with van der Waals surface area (Å²) in [6.45, 7) is 0.424. The minimum absolute atomic E-state index is 0.0406. The first-order valence-corrected chi connectivity index (χ1v) is 8.05. The van der Waals surface area contributed by atoms with Crippen molar-refractivity contribution >= 4 is 35.0 Å². The monoisotopic (exact) mass is 320 g/mol. The zero-order valence-corrected chi connectivity index (χ0v) is 13.5. The molecule has 0 unspecified atom stereocenters. The van der Waals surface area contributed by atoms with E-state index in [0.29, 0.717) is 22.8 Å². The number of thioether (sulfide) groups is 1. The summed E-state index contributed by atoms with van der Waals surface area (Å²) < 4.78 is 0. The SMILES string of the molecule is CSc1ccc(C(=O)N(C)Cc2cc(N)ccc2Cl)cc1. The molecule has 0 aliphatic rings. The second-order valence-electron chi connectivity index (χ2n) is 4.74.